The number of aliphatic carboxylic acids is 1. The number of hydrogen-bond acceptors (Lipinski definition) is 6. The van der Waals surface area contributed by atoms with Gasteiger partial charge in [-0.25, -0.2) is 14.5 Å². The van der Waals surface area contributed by atoms with Crippen LogP contribution in [0.1, 0.15) is 25.8 Å². The van der Waals surface area contributed by atoms with Gasteiger partial charge in [0.05, 0.1) is 19.2 Å². The van der Waals surface area contributed by atoms with E-state index in [4.69, 9.17) is 4.74 Å². The molecular weight excluding hydrogens is 402 g/mol. The van der Waals surface area contributed by atoms with Gasteiger partial charge in [0.15, 0.2) is 6.04 Å². The first-order chi connectivity index (χ1) is 13.3. The first-order valence-corrected chi connectivity index (χ1v) is 9.15. The Labute approximate surface area is 175 Å². The Bertz CT molecular complexity index is 730. The zero-order valence-corrected chi connectivity index (χ0v) is 17.1. The number of benzene rings is 1. The Hall–Kier alpha value is -2.65. The third-order valence-corrected chi connectivity index (χ3v) is 4.46. The van der Waals surface area contributed by atoms with Crippen molar-refractivity contribution < 1.29 is 29.0 Å². The van der Waals surface area contributed by atoms with Gasteiger partial charge in [-0.05, 0) is 32.3 Å². The molecule has 3 N–H and O–H groups in total. The number of rotatable bonds is 9. The maximum atomic E-state index is 12.6. The van der Waals surface area contributed by atoms with E-state index in [1.54, 1.807) is 6.92 Å². The third kappa shape index (κ3) is 6.43. The summed E-state index contributed by atoms with van der Waals surface area (Å²) in [7, 11) is 0. The maximum absolute atomic E-state index is 12.6. The summed E-state index contributed by atoms with van der Waals surface area (Å²) in [4.78, 5) is 48.8. The molecule has 3 amide bonds. The Morgan fingerprint density at radius 3 is 2.55 bits per heavy atom. The van der Waals surface area contributed by atoms with Crippen LogP contribution in [0.4, 0.5) is 4.79 Å². The van der Waals surface area contributed by atoms with Gasteiger partial charge in [0.2, 0.25) is 5.91 Å². The highest BCUT2D eigenvalue weighted by molar-refractivity contribution is 6.02. The number of amides is 3. The molecular formula is C19H26ClN3O6. The standard InChI is InChI=1S/C19H25N3O6.ClH/c1-3-28-18(26)14(10-9-13-7-5-4-6-8-13)21-12(2)16(23)22-15(17(24)25)11-20-19(22)27;/h4-8,12,14-15,21H,3,9-11H2,1-2H3,(H,20,27)(H,24,25);1H/t12?,14?,15-;/m0./s1. The molecule has 1 aromatic rings. The summed E-state index contributed by atoms with van der Waals surface area (Å²) in [6, 6.07) is 5.80. The highest BCUT2D eigenvalue weighted by Gasteiger charge is 2.42. The van der Waals surface area contributed by atoms with Crippen LogP contribution in [0.15, 0.2) is 30.3 Å². The zero-order valence-electron chi connectivity index (χ0n) is 16.3. The van der Waals surface area contributed by atoms with Crippen LogP contribution in [0.3, 0.4) is 0 Å². The van der Waals surface area contributed by atoms with Crippen LogP contribution in [0.2, 0.25) is 0 Å². The van der Waals surface area contributed by atoms with E-state index in [0.717, 1.165) is 5.56 Å². The topological polar surface area (TPSA) is 125 Å². The number of nitrogens with one attached hydrogen (secondary N) is 2. The summed E-state index contributed by atoms with van der Waals surface area (Å²) in [5.74, 6) is -2.49. The molecule has 0 bridgehead atoms. The first-order valence-electron chi connectivity index (χ1n) is 9.15. The minimum absolute atomic E-state index is 0. The predicted octanol–water partition coefficient (Wildman–Crippen LogP) is 0.956. The van der Waals surface area contributed by atoms with E-state index < -0.39 is 42.0 Å². The molecule has 0 spiro atoms. The number of carbonyl (C=O) groups is 4. The first kappa shape index (κ1) is 24.4. The summed E-state index contributed by atoms with van der Waals surface area (Å²) in [6.45, 7) is 3.22. The van der Waals surface area contributed by atoms with Crippen molar-refractivity contribution in [3.05, 3.63) is 35.9 Å². The summed E-state index contributed by atoms with van der Waals surface area (Å²) < 4.78 is 5.08. The highest BCUT2D eigenvalue weighted by atomic mass is 35.5. The summed E-state index contributed by atoms with van der Waals surface area (Å²) in [5.41, 5.74) is 1.03. The molecule has 3 atom stereocenters. The molecule has 1 aliphatic heterocycles. The highest BCUT2D eigenvalue weighted by Crippen LogP contribution is 2.12. The van der Waals surface area contributed by atoms with E-state index in [1.165, 1.54) is 6.92 Å². The Balaban J connectivity index is 0.00000420. The molecule has 9 nitrogen and oxygen atoms in total. The molecule has 1 aromatic carbocycles. The van der Waals surface area contributed by atoms with Gasteiger partial charge in [0.25, 0.3) is 0 Å². The van der Waals surface area contributed by atoms with Gasteiger partial charge >= 0.3 is 18.0 Å². The molecule has 1 fully saturated rings. The van der Waals surface area contributed by atoms with Gasteiger partial charge in [-0.1, -0.05) is 30.3 Å². The fourth-order valence-electron chi connectivity index (χ4n) is 3.00. The normalized spacial score (nSPS) is 17.7. The monoisotopic (exact) mass is 427 g/mol. The number of urea groups is 1. The van der Waals surface area contributed by atoms with Gasteiger partial charge in [0.1, 0.15) is 6.04 Å². The number of imide groups is 1. The number of ether oxygens (including phenoxy) is 1. The second-order valence-corrected chi connectivity index (χ2v) is 6.47. The number of esters is 1. The van der Waals surface area contributed by atoms with E-state index in [0.29, 0.717) is 17.7 Å². The van der Waals surface area contributed by atoms with Crippen molar-refractivity contribution in [2.24, 2.45) is 0 Å². The van der Waals surface area contributed by atoms with E-state index >= 15 is 0 Å². The fraction of sp³-hybridized carbons (Fsp3) is 0.474. The number of carboxylic acid groups (broad SMARTS) is 1. The van der Waals surface area contributed by atoms with E-state index in [1.807, 2.05) is 30.3 Å². The van der Waals surface area contributed by atoms with E-state index in [9.17, 15) is 24.3 Å². The molecule has 160 valence electrons. The SMILES string of the molecule is CCOC(=O)C(CCc1ccccc1)NC(C)C(=O)N1C(=O)NC[C@H]1C(=O)O.Cl. The van der Waals surface area contributed by atoms with Gasteiger partial charge in [-0.3, -0.25) is 14.9 Å². The predicted molar refractivity (Wildman–Crippen MR) is 107 cm³/mol. The van der Waals surface area contributed by atoms with E-state index in [2.05, 4.69) is 10.6 Å². The van der Waals surface area contributed by atoms with Crippen molar-refractivity contribution in [1.29, 1.82) is 0 Å². The number of nitrogens with zero attached hydrogens (tertiary/aromatic N) is 1. The summed E-state index contributed by atoms with van der Waals surface area (Å²) >= 11 is 0. The van der Waals surface area contributed by atoms with Crippen molar-refractivity contribution >= 4 is 36.3 Å². The molecule has 0 aliphatic carbocycles. The van der Waals surface area contributed by atoms with Gasteiger partial charge in [-0.15, -0.1) is 12.4 Å². The van der Waals surface area contributed by atoms with Crippen molar-refractivity contribution in [2.45, 2.75) is 44.8 Å². The molecule has 1 heterocycles. The minimum Gasteiger partial charge on any atom is -0.480 e. The molecule has 2 rings (SSSR count). The Kier molecular flexibility index (Phi) is 9.57. The number of hydrogen-bond donors (Lipinski definition) is 3. The van der Waals surface area contributed by atoms with Crippen molar-refractivity contribution in [3.8, 4) is 0 Å². The fourth-order valence-corrected chi connectivity index (χ4v) is 3.00. The van der Waals surface area contributed by atoms with Crippen LogP contribution in [0.5, 0.6) is 0 Å². The van der Waals surface area contributed by atoms with Crippen LogP contribution in [0, 0.1) is 0 Å². The van der Waals surface area contributed by atoms with E-state index in [-0.39, 0.29) is 25.6 Å². The molecule has 0 aromatic heterocycles. The molecule has 10 heteroatoms. The molecule has 1 aliphatic rings. The zero-order chi connectivity index (χ0) is 20.7. The van der Waals surface area contributed by atoms with Crippen LogP contribution in [-0.2, 0) is 25.5 Å². The smallest absolute Gasteiger partial charge is 0.328 e. The average Bonchev–Trinajstić information content (AvgIpc) is 3.07. The maximum Gasteiger partial charge on any atom is 0.328 e. The van der Waals surface area contributed by atoms with Crippen molar-refractivity contribution in [2.75, 3.05) is 13.2 Å². The molecule has 29 heavy (non-hydrogen) atoms. The lowest BCUT2D eigenvalue weighted by molar-refractivity contribution is -0.148. The van der Waals surface area contributed by atoms with Crippen LogP contribution in [-0.4, -0.2) is 65.2 Å². The average molecular weight is 428 g/mol. The minimum atomic E-state index is -1.27. The number of aryl methyl sites for hydroxylation is 1. The molecule has 1 saturated heterocycles. The van der Waals surface area contributed by atoms with Gasteiger partial charge < -0.3 is 15.2 Å². The van der Waals surface area contributed by atoms with Gasteiger partial charge in [0, 0.05) is 0 Å². The van der Waals surface area contributed by atoms with Crippen LogP contribution >= 0.6 is 12.4 Å². The lowest BCUT2D eigenvalue weighted by atomic mass is 10.0. The largest absolute Gasteiger partial charge is 0.480 e. The molecule has 0 saturated carbocycles. The Morgan fingerprint density at radius 2 is 1.97 bits per heavy atom. The molecule has 0 radical (unpaired) electrons. The van der Waals surface area contributed by atoms with Crippen LogP contribution < -0.4 is 10.6 Å². The van der Waals surface area contributed by atoms with Gasteiger partial charge in [-0.2, -0.15) is 0 Å². The summed E-state index contributed by atoms with van der Waals surface area (Å²) in [5, 5.41) is 14.4. The molecule has 2 unspecified atom stereocenters. The van der Waals surface area contributed by atoms with Crippen molar-refractivity contribution in [1.82, 2.24) is 15.5 Å². The number of halogens is 1. The number of carboxylic acids is 1. The third-order valence-electron chi connectivity index (χ3n) is 4.46. The summed E-state index contributed by atoms with van der Waals surface area (Å²) in [6.07, 6.45) is 0.967. The second kappa shape index (κ2) is 11.4. The lowest BCUT2D eigenvalue weighted by Crippen LogP contribution is -2.54. The lowest BCUT2D eigenvalue weighted by Gasteiger charge is -2.25. The van der Waals surface area contributed by atoms with Crippen molar-refractivity contribution in [3.63, 3.8) is 0 Å². The quantitative estimate of drug-likeness (QED) is 0.501. The second-order valence-electron chi connectivity index (χ2n) is 6.47. The Morgan fingerprint density at radius 1 is 1.31 bits per heavy atom. The number of carbonyl (C=O) groups excluding carboxylic acids is 3. The van der Waals surface area contributed by atoms with Crippen LogP contribution in [0.25, 0.3) is 0 Å².